The van der Waals surface area contributed by atoms with Crippen molar-refractivity contribution >= 4 is 17.7 Å². The van der Waals surface area contributed by atoms with Crippen LogP contribution in [0.2, 0.25) is 0 Å². The number of nitro groups is 1. The first-order valence-corrected chi connectivity index (χ1v) is 4.07. The normalized spacial score (nSPS) is 11.2. The second-order valence-corrected chi connectivity index (χ2v) is 3.04. The van der Waals surface area contributed by atoms with Gasteiger partial charge in [-0.2, -0.15) is 5.10 Å². The van der Waals surface area contributed by atoms with E-state index in [1.165, 1.54) is 12.4 Å². The Morgan fingerprint density at radius 1 is 1.67 bits per heavy atom. The lowest BCUT2D eigenvalue weighted by Gasteiger charge is -2.06. The second-order valence-electron chi connectivity index (χ2n) is 3.04. The summed E-state index contributed by atoms with van der Waals surface area (Å²) in [6.07, 6.45) is 4.37. The molecule has 1 rings (SSSR count). The zero-order valence-electron chi connectivity index (χ0n) is 8.32. The standard InChI is InChI=1S/C8H10N4O3/c1-10(2)4-8(6-13)11-5-7(3-9-11)12(14)15/h3-6H,1-2H3/b8-4+. The summed E-state index contributed by atoms with van der Waals surface area (Å²) in [5.74, 6) is 0. The summed E-state index contributed by atoms with van der Waals surface area (Å²) in [6, 6.07) is 0. The molecule has 15 heavy (non-hydrogen) atoms. The minimum Gasteiger partial charge on any atom is -0.382 e. The molecule has 0 unspecified atom stereocenters. The maximum absolute atomic E-state index is 10.7. The van der Waals surface area contributed by atoms with E-state index in [9.17, 15) is 14.9 Å². The molecule has 0 saturated carbocycles. The zero-order chi connectivity index (χ0) is 11.4. The molecular formula is C8H10N4O3. The molecule has 0 amide bonds. The Bertz CT molecular complexity index is 408. The molecule has 7 heteroatoms. The lowest BCUT2D eigenvalue weighted by Crippen LogP contribution is -2.07. The van der Waals surface area contributed by atoms with Gasteiger partial charge in [0.25, 0.3) is 0 Å². The number of carbonyl (C=O) groups excluding carboxylic acids is 1. The molecule has 1 aromatic heterocycles. The lowest BCUT2D eigenvalue weighted by molar-refractivity contribution is -0.384. The largest absolute Gasteiger partial charge is 0.382 e. The van der Waals surface area contributed by atoms with Crippen molar-refractivity contribution in [2.45, 2.75) is 0 Å². The number of hydrogen-bond acceptors (Lipinski definition) is 5. The third kappa shape index (κ3) is 2.63. The maximum atomic E-state index is 10.7. The van der Waals surface area contributed by atoms with Gasteiger partial charge in [-0.25, -0.2) is 4.68 Å². The van der Waals surface area contributed by atoms with E-state index in [1.807, 2.05) is 0 Å². The predicted octanol–water partition coefficient (Wildman–Crippen LogP) is 0.350. The van der Waals surface area contributed by atoms with Crippen LogP contribution in [0.3, 0.4) is 0 Å². The van der Waals surface area contributed by atoms with Crippen molar-refractivity contribution in [1.82, 2.24) is 14.7 Å². The summed E-state index contributed by atoms with van der Waals surface area (Å²) in [5, 5.41) is 14.1. The molecule has 0 aliphatic rings. The van der Waals surface area contributed by atoms with Gasteiger partial charge in [-0.3, -0.25) is 14.9 Å². The Morgan fingerprint density at radius 3 is 2.73 bits per heavy atom. The number of carbonyl (C=O) groups is 1. The van der Waals surface area contributed by atoms with Gasteiger partial charge in [-0.15, -0.1) is 0 Å². The average Bonchev–Trinajstić information content (AvgIpc) is 2.62. The molecule has 1 heterocycles. The zero-order valence-corrected chi connectivity index (χ0v) is 8.32. The van der Waals surface area contributed by atoms with Gasteiger partial charge < -0.3 is 4.90 Å². The molecule has 1 aromatic rings. The molecule has 0 fully saturated rings. The van der Waals surface area contributed by atoms with Crippen LogP contribution in [-0.4, -0.2) is 40.0 Å². The Kier molecular flexibility index (Phi) is 3.17. The Morgan fingerprint density at radius 2 is 2.33 bits per heavy atom. The molecule has 0 spiro atoms. The van der Waals surface area contributed by atoms with E-state index in [4.69, 9.17) is 0 Å². The molecule has 7 nitrogen and oxygen atoms in total. The molecule has 0 saturated heterocycles. The first kappa shape index (κ1) is 10.9. The molecule has 0 atom stereocenters. The number of nitrogens with zero attached hydrogens (tertiary/aromatic N) is 4. The molecule has 80 valence electrons. The number of rotatable bonds is 4. The van der Waals surface area contributed by atoms with Gasteiger partial charge in [0.2, 0.25) is 0 Å². The summed E-state index contributed by atoms with van der Waals surface area (Å²) < 4.78 is 1.16. The number of hydrogen-bond donors (Lipinski definition) is 0. The van der Waals surface area contributed by atoms with Crippen molar-refractivity contribution in [2.75, 3.05) is 14.1 Å². The van der Waals surface area contributed by atoms with Crippen molar-refractivity contribution in [2.24, 2.45) is 0 Å². The third-order valence-electron chi connectivity index (χ3n) is 1.56. The summed E-state index contributed by atoms with van der Waals surface area (Å²) in [5.41, 5.74) is 0.0783. The van der Waals surface area contributed by atoms with Crippen LogP contribution in [0.4, 0.5) is 5.69 Å². The highest BCUT2D eigenvalue weighted by atomic mass is 16.6. The van der Waals surface area contributed by atoms with E-state index < -0.39 is 4.92 Å². The Balaban J connectivity index is 3.03. The lowest BCUT2D eigenvalue weighted by atomic mass is 10.5. The molecule has 0 N–H and O–H groups in total. The van der Waals surface area contributed by atoms with Crippen molar-refractivity contribution in [1.29, 1.82) is 0 Å². The molecule has 0 bridgehead atoms. The Labute approximate surface area is 85.7 Å². The predicted molar refractivity (Wildman–Crippen MR) is 52.9 cm³/mol. The quantitative estimate of drug-likeness (QED) is 0.310. The van der Waals surface area contributed by atoms with Crippen molar-refractivity contribution < 1.29 is 9.72 Å². The summed E-state index contributed by atoms with van der Waals surface area (Å²) in [6.45, 7) is 0. The van der Waals surface area contributed by atoms with Gasteiger partial charge in [-0.1, -0.05) is 0 Å². The Hall–Kier alpha value is -2.18. The molecule has 0 radical (unpaired) electrons. The highest BCUT2D eigenvalue weighted by molar-refractivity contribution is 5.98. The number of allylic oxidation sites excluding steroid dienone is 1. The van der Waals surface area contributed by atoms with Gasteiger partial charge in [0.05, 0.1) is 4.92 Å². The van der Waals surface area contributed by atoms with E-state index >= 15 is 0 Å². The van der Waals surface area contributed by atoms with E-state index in [0.29, 0.717) is 6.29 Å². The van der Waals surface area contributed by atoms with Crippen molar-refractivity contribution in [3.63, 3.8) is 0 Å². The second kappa shape index (κ2) is 4.36. The fraction of sp³-hybridized carbons (Fsp3) is 0.250. The van der Waals surface area contributed by atoms with Gasteiger partial charge >= 0.3 is 5.69 Å². The summed E-state index contributed by atoms with van der Waals surface area (Å²) in [4.78, 5) is 22.2. The van der Waals surface area contributed by atoms with Crippen molar-refractivity contribution in [3.05, 3.63) is 28.7 Å². The van der Waals surface area contributed by atoms with Crippen LogP contribution in [0, 0.1) is 10.1 Å². The monoisotopic (exact) mass is 210 g/mol. The topological polar surface area (TPSA) is 81.3 Å². The number of aromatic nitrogens is 2. The van der Waals surface area contributed by atoms with Crippen LogP contribution in [0.15, 0.2) is 18.6 Å². The van der Waals surface area contributed by atoms with Crippen LogP contribution in [0.1, 0.15) is 0 Å². The van der Waals surface area contributed by atoms with Gasteiger partial charge in [0.15, 0.2) is 6.29 Å². The first-order valence-electron chi connectivity index (χ1n) is 4.07. The van der Waals surface area contributed by atoms with Gasteiger partial charge in [-0.05, 0) is 0 Å². The van der Waals surface area contributed by atoms with E-state index in [1.54, 1.807) is 19.0 Å². The fourth-order valence-corrected chi connectivity index (χ4v) is 0.957. The van der Waals surface area contributed by atoms with Crippen LogP contribution < -0.4 is 0 Å². The highest BCUT2D eigenvalue weighted by Crippen LogP contribution is 2.11. The van der Waals surface area contributed by atoms with Crippen LogP contribution in [-0.2, 0) is 4.79 Å². The van der Waals surface area contributed by atoms with Crippen LogP contribution in [0.25, 0.3) is 5.70 Å². The minimum atomic E-state index is -0.568. The highest BCUT2D eigenvalue weighted by Gasteiger charge is 2.10. The third-order valence-corrected chi connectivity index (χ3v) is 1.56. The number of aldehydes is 1. The van der Waals surface area contributed by atoms with Crippen LogP contribution in [0.5, 0.6) is 0 Å². The van der Waals surface area contributed by atoms with Crippen molar-refractivity contribution in [3.8, 4) is 0 Å². The summed E-state index contributed by atoms with van der Waals surface area (Å²) in [7, 11) is 3.48. The molecule has 0 aromatic carbocycles. The van der Waals surface area contributed by atoms with Gasteiger partial charge in [0.1, 0.15) is 18.1 Å². The van der Waals surface area contributed by atoms with E-state index in [2.05, 4.69) is 5.10 Å². The minimum absolute atomic E-state index is 0.151. The smallest absolute Gasteiger partial charge is 0.307 e. The van der Waals surface area contributed by atoms with E-state index in [0.717, 1.165) is 10.9 Å². The maximum Gasteiger partial charge on any atom is 0.307 e. The summed E-state index contributed by atoms with van der Waals surface area (Å²) >= 11 is 0. The van der Waals surface area contributed by atoms with E-state index in [-0.39, 0.29) is 11.4 Å². The van der Waals surface area contributed by atoms with Crippen LogP contribution >= 0.6 is 0 Å². The SMILES string of the molecule is CN(C)/C=C(\C=O)n1cc([N+](=O)[O-])cn1. The fourth-order valence-electron chi connectivity index (χ4n) is 0.957. The average molecular weight is 210 g/mol. The first-order chi connectivity index (χ1) is 7.04. The molecule has 0 aliphatic heterocycles. The molecule has 0 aliphatic carbocycles. The van der Waals surface area contributed by atoms with Gasteiger partial charge in [0, 0.05) is 20.3 Å². The molecular weight excluding hydrogens is 200 g/mol.